The molecule has 0 atom stereocenters. The number of esters is 1. The highest BCUT2D eigenvalue weighted by Crippen LogP contribution is 2.15. The van der Waals surface area contributed by atoms with E-state index in [0.29, 0.717) is 25.4 Å². The summed E-state index contributed by atoms with van der Waals surface area (Å²) >= 11 is 0. The van der Waals surface area contributed by atoms with Crippen molar-refractivity contribution in [3.05, 3.63) is 24.5 Å². The Kier molecular flexibility index (Phi) is 4.40. The lowest BCUT2D eigenvalue weighted by atomic mass is 10.4. The predicted molar refractivity (Wildman–Crippen MR) is 54.9 cm³/mol. The molecule has 1 rings (SSSR count). The number of carbonyl (C=O) groups is 1. The molecule has 0 amide bonds. The lowest BCUT2D eigenvalue weighted by Crippen LogP contribution is -2.08. The first-order chi connectivity index (χ1) is 7.29. The number of hydrogen-bond acceptors (Lipinski definition) is 4. The summed E-state index contributed by atoms with van der Waals surface area (Å²) in [5, 5.41) is 6.33. The van der Waals surface area contributed by atoms with Crippen molar-refractivity contribution in [1.29, 1.82) is 0 Å². The molecule has 0 radical (unpaired) electrons. The van der Waals surface area contributed by atoms with Gasteiger partial charge in [-0.05, 0) is 13.3 Å². The van der Waals surface area contributed by atoms with E-state index in [2.05, 4.69) is 16.8 Å². The molecule has 0 unspecified atom stereocenters. The second kappa shape index (κ2) is 5.85. The molecular formula is C10H14N2O3. The van der Waals surface area contributed by atoms with E-state index in [9.17, 15) is 4.79 Å². The van der Waals surface area contributed by atoms with E-state index in [1.807, 2.05) is 0 Å². The molecule has 5 nitrogen and oxygen atoms in total. The molecule has 1 aromatic rings. The lowest BCUT2D eigenvalue weighted by Gasteiger charge is -2.03. The third-order valence-corrected chi connectivity index (χ3v) is 1.65. The number of nitrogens with zero attached hydrogens (tertiary/aromatic N) is 1. The molecule has 0 fully saturated rings. The van der Waals surface area contributed by atoms with Crippen molar-refractivity contribution in [1.82, 2.24) is 10.2 Å². The smallest absolute Gasteiger partial charge is 0.362 e. The Bertz CT molecular complexity index is 333. The van der Waals surface area contributed by atoms with Gasteiger partial charge in [0.25, 0.3) is 0 Å². The minimum atomic E-state index is -0.479. The third kappa shape index (κ3) is 3.12. The average Bonchev–Trinajstić information content (AvgIpc) is 2.67. The van der Waals surface area contributed by atoms with Crippen LogP contribution in [0.5, 0.6) is 5.75 Å². The molecule has 0 aliphatic carbocycles. The topological polar surface area (TPSA) is 64.2 Å². The highest BCUT2D eigenvalue weighted by molar-refractivity contribution is 5.90. The van der Waals surface area contributed by atoms with Crippen LogP contribution >= 0.6 is 0 Å². The molecule has 0 saturated heterocycles. The van der Waals surface area contributed by atoms with Gasteiger partial charge >= 0.3 is 5.97 Å². The molecule has 0 bridgehead atoms. The van der Waals surface area contributed by atoms with Gasteiger partial charge in [0.1, 0.15) is 0 Å². The number of ether oxygens (including phenoxy) is 2. The molecule has 1 heterocycles. The molecule has 1 N–H and O–H groups in total. The van der Waals surface area contributed by atoms with Gasteiger partial charge in [-0.25, -0.2) is 4.79 Å². The largest absolute Gasteiger partial charge is 0.489 e. The molecule has 0 spiro atoms. The van der Waals surface area contributed by atoms with Gasteiger partial charge in [-0.15, -0.1) is 6.58 Å². The summed E-state index contributed by atoms with van der Waals surface area (Å²) in [5.74, 6) is -0.0670. The third-order valence-electron chi connectivity index (χ3n) is 1.65. The number of aromatic nitrogens is 2. The average molecular weight is 210 g/mol. The highest BCUT2D eigenvalue weighted by atomic mass is 16.5. The van der Waals surface area contributed by atoms with Crippen LogP contribution < -0.4 is 4.74 Å². The van der Waals surface area contributed by atoms with Gasteiger partial charge in [-0.3, -0.25) is 5.10 Å². The monoisotopic (exact) mass is 210 g/mol. The van der Waals surface area contributed by atoms with Crippen LogP contribution in [0, 0.1) is 0 Å². The Morgan fingerprint density at radius 1 is 1.73 bits per heavy atom. The van der Waals surface area contributed by atoms with Crippen LogP contribution in [0.1, 0.15) is 23.8 Å². The number of carbonyl (C=O) groups excluding carboxylic acids is 1. The summed E-state index contributed by atoms with van der Waals surface area (Å²) < 4.78 is 10.1. The summed E-state index contributed by atoms with van der Waals surface area (Å²) in [4.78, 5) is 11.4. The molecular weight excluding hydrogens is 196 g/mol. The molecule has 15 heavy (non-hydrogen) atoms. The van der Waals surface area contributed by atoms with Crippen molar-refractivity contribution >= 4 is 5.97 Å². The first kappa shape index (κ1) is 11.3. The Labute approximate surface area is 88.1 Å². The minimum Gasteiger partial charge on any atom is -0.489 e. The number of hydrogen-bond donors (Lipinski definition) is 1. The van der Waals surface area contributed by atoms with Crippen LogP contribution in [0.4, 0.5) is 0 Å². The highest BCUT2D eigenvalue weighted by Gasteiger charge is 2.16. The fourth-order valence-electron chi connectivity index (χ4n) is 0.987. The molecule has 5 heteroatoms. The van der Waals surface area contributed by atoms with Crippen molar-refractivity contribution in [2.24, 2.45) is 0 Å². The van der Waals surface area contributed by atoms with Crippen molar-refractivity contribution < 1.29 is 14.3 Å². The summed E-state index contributed by atoms with van der Waals surface area (Å²) in [6, 6.07) is 0. The quantitative estimate of drug-likeness (QED) is 0.439. The maximum absolute atomic E-state index is 11.4. The first-order valence-corrected chi connectivity index (χ1v) is 4.74. The number of aromatic amines is 1. The predicted octanol–water partition coefficient (Wildman–Crippen LogP) is 1.54. The van der Waals surface area contributed by atoms with Crippen molar-refractivity contribution in [2.75, 3.05) is 13.2 Å². The van der Waals surface area contributed by atoms with Crippen LogP contribution in [-0.2, 0) is 4.74 Å². The number of rotatable bonds is 6. The van der Waals surface area contributed by atoms with Gasteiger partial charge in [0.2, 0.25) is 5.69 Å². The molecule has 0 aliphatic rings. The van der Waals surface area contributed by atoms with Gasteiger partial charge in [0.05, 0.1) is 19.4 Å². The van der Waals surface area contributed by atoms with Crippen molar-refractivity contribution in [3.63, 3.8) is 0 Å². The summed E-state index contributed by atoms with van der Waals surface area (Å²) in [7, 11) is 0. The second-order valence-electron chi connectivity index (χ2n) is 2.74. The maximum Gasteiger partial charge on any atom is 0.362 e. The van der Waals surface area contributed by atoms with Gasteiger partial charge < -0.3 is 9.47 Å². The zero-order valence-corrected chi connectivity index (χ0v) is 8.66. The zero-order valence-electron chi connectivity index (χ0n) is 8.66. The van der Waals surface area contributed by atoms with Crippen LogP contribution in [-0.4, -0.2) is 29.4 Å². The molecule has 1 aromatic heterocycles. The number of nitrogens with one attached hydrogen (secondary N) is 1. The zero-order chi connectivity index (χ0) is 11.1. The van der Waals surface area contributed by atoms with Gasteiger partial charge in [0, 0.05) is 0 Å². The first-order valence-electron chi connectivity index (χ1n) is 4.74. The molecule has 0 saturated carbocycles. The van der Waals surface area contributed by atoms with Gasteiger partial charge in [0.15, 0.2) is 5.75 Å². The van der Waals surface area contributed by atoms with Crippen molar-refractivity contribution in [3.8, 4) is 5.75 Å². The fourth-order valence-corrected chi connectivity index (χ4v) is 0.987. The summed E-state index contributed by atoms with van der Waals surface area (Å²) in [6.07, 6.45) is 3.98. The van der Waals surface area contributed by atoms with Gasteiger partial charge in [-0.2, -0.15) is 5.10 Å². The maximum atomic E-state index is 11.4. The molecule has 82 valence electrons. The second-order valence-corrected chi connectivity index (χ2v) is 2.74. The molecule has 0 aliphatic heterocycles. The van der Waals surface area contributed by atoms with Gasteiger partial charge in [-0.1, -0.05) is 6.08 Å². The normalized spacial score (nSPS) is 9.67. The van der Waals surface area contributed by atoms with Crippen LogP contribution in [0.15, 0.2) is 18.9 Å². The Hall–Kier alpha value is -1.78. The minimum absolute atomic E-state index is 0.181. The van der Waals surface area contributed by atoms with E-state index in [1.165, 1.54) is 6.20 Å². The lowest BCUT2D eigenvalue weighted by molar-refractivity contribution is 0.0515. The summed E-state index contributed by atoms with van der Waals surface area (Å²) in [6.45, 7) is 6.10. The summed E-state index contributed by atoms with van der Waals surface area (Å²) in [5.41, 5.74) is 0.181. The van der Waals surface area contributed by atoms with E-state index in [1.54, 1.807) is 13.0 Å². The molecule has 0 aromatic carbocycles. The SMILES string of the molecule is C=CCCOc1c[nH]nc1C(=O)OCC. The van der Waals surface area contributed by atoms with E-state index < -0.39 is 5.97 Å². The van der Waals surface area contributed by atoms with Crippen molar-refractivity contribution in [2.45, 2.75) is 13.3 Å². The van der Waals surface area contributed by atoms with Crippen LogP contribution in [0.25, 0.3) is 0 Å². The van der Waals surface area contributed by atoms with E-state index in [0.717, 1.165) is 0 Å². The Morgan fingerprint density at radius 2 is 2.53 bits per heavy atom. The van der Waals surface area contributed by atoms with E-state index in [-0.39, 0.29) is 5.69 Å². The fraction of sp³-hybridized carbons (Fsp3) is 0.400. The van der Waals surface area contributed by atoms with Crippen LogP contribution in [0.3, 0.4) is 0 Å². The Morgan fingerprint density at radius 3 is 3.20 bits per heavy atom. The van der Waals surface area contributed by atoms with E-state index >= 15 is 0 Å². The van der Waals surface area contributed by atoms with E-state index in [4.69, 9.17) is 9.47 Å². The van der Waals surface area contributed by atoms with Crippen LogP contribution in [0.2, 0.25) is 0 Å². The Balaban J connectivity index is 2.60. The standard InChI is InChI=1S/C10H14N2O3/c1-3-5-6-15-8-7-11-12-9(8)10(13)14-4-2/h3,7H,1,4-6H2,2H3,(H,11,12). The number of H-pyrrole nitrogens is 1.